The molecule has 1 unspecified atom stereocenters. The van der Waals surface area contributed by atoms with E-state index in [0.29, 0.717) is 18.0 Å². The predicted octanol–water partition coefficient (Wildman–Crippen LogP) is 3.61. The van der Waals surface area contributed by atoms with E-state index in [1.807, 2.05) is 0 Å². The third kappa shape index (κ3) is 2.77. The molecule has 0 spiro atoms. The van der Waals surface area contributed by atoms with E-state index in [1.54, 1.807) is 18.2 Å². The Bertz CT molecular complexity index is 653. The molecule has 1 aromatic rings. The third-order valence-electron chi connectivity index (χ3n) is 3.94. The molecule has 1 saturated carbocycles. The van der Waals surface area contributed by atoms with Gasteiger partial charge in [-0.15, -0.1) is 0 Å². The lowest BCUT2D eigenvalue weighted by molar-refractivity contribution is 0.200. The molecule has 2 aliphatic rings. The first-order valence-electron chi connectivity index (χ1n) is 9.60. The van der Waals surface area contributed by atoms with E-state index >= 15 is 0 Å². The highest BCUT2D eigenvalue weighted by atomic mass is 16.5. The van der Waals surface area contributed by atoms with Gasteiger partial charge in [-0.05, 0) is 49.8 Å². The fraction of sp³-hybridized carbons (Fsp3) is 0.529. The maximum atomic E-state index is 8.22. The number of nitrogens with one attached hydrogen (secondary N) is 1. The zero-order chi connectivity index (χ0) is 18.2. The van der Waals surface area contributed by atoms with Crippen molar-refractivity contribution in [2.24, 2.45) is 0 Å². The van der Waals surface area contributed by atoms with Gasteiger partial charge in [0.05, 0.1) is 17.3 Å². The maximum absolute atomic E-state index is 8.22. The molecule has 1 aromatic carbocycles. The van der Waals surface area contributed by atoms with Gasteiger partial charge >= 0.3 is 0 Å². The number of methoxy groups -OCH3 is 1. The maximum Gasteiger partial charge on any atom is 0.161 e. The molecule has 3 rings (SSSR count). The van der Waals surface area contributed by atoms with Crippen LogP contribution in [0.4, 0.5) is 0 Å². The Balaban J connectivity index is 1.91. The summed E-state index contributed by atoms with van der Waals surface area (Å²) in [5, 5.41) is 2.97. The first-order chi connectivity index (χ1) is 11.7. The van der Waals surface area contributed by atoms with Crippen molar-refractivity contribution in [3.8, 4) is 11.5 Å². The summed E-state index contributed by atoms with van der Waals surface area (Å²) in [7, 11) is -2.56. The summed E-state index contributed by atoms with van der Waals surface area (Å²) >= 11 is 0. The molecule has 1 atom stereocenters. The second-order valence-corrected chi connectivity index (χ2v) is 5.39. The van der Waals surface area contributed by atoms with Gasteiger partial charge in [0.1, 0.15) is 0 Å². The van der Waals surface area contributed by atoms with Gasteiger partial charge in [0, 0.05) is 20.9 Å². The molecule has 20 heavy (non-hydrogen) atoms. The van der Waals surface area contributed by atoms with E-state index < -0.39 is 19.3 Å². The van der Waals surface area contributed by atoms with Gasteiger partial charge in [0.2, 0.25) is 0 Å². The molecule has 1 heterocycles. The lowest BCUT2D eigenvalue weighted by Gasteiger charge is -2.18. The average Bonchev–Trinajstić information content (AvgIpc) is 3.09. The minimum Gasteiger partial charge on any atom is -0.493 e. The molecule has 0 bridgehead atoms. The highest BCUT2D eigenvalue weighted by Crippen LogP contribution is 2.36. The summed E-state index contributed by atoms with van der Waals surface area (Å²) in [6.07, 6.45) is 2.52. The van der Waals surface area contributed by atoms with Crippen molar-refractivity contribution in [2.75, 3.05) is 13.6 Å². The van der Waals surface area contributed by atoms with Crippen molar-refractivity contribution < 1.29 is 16.3 Å². The molecule has 1 saturated heterocycles. The highest BCUT2D eigenvalue weighted by Gasteiger charge is 2.22. The largest absolute Gasteiger partial charge is 0.493 e. The molecule has 0 aromatic heterocycles. The van der Waals surface area contributed by atoms with E-state index in [1.165, 1.54) is 0 Å². The van der Waals surface area contributed by atoms with E-state index in [2.05, 4.69) is 11.9 Å². The standard InChI is InChI=1S/C17H23NO2/c1-12-9-14(11-18-12)13-7-8-16(19-2)17(10-13)20-15-5-3-4-6-15/h7-8,10,14-15,18H,1,3-6,9,11H2,2H3/i2D3,9D2. The van der Waals surface area contributed by atoms with Crippen LogP contribution in [0, 0.1) is 0 Å². The Morgan fingerprint density at radius 2 is 2.20 bits per heavy atom. The first-order valence-corrected chi connectivity index (χ1v) is 7.10. The average molecular weight is 278 g/mol. The summed E-state index contributed by atoms with van der Waals surface area (Å²) < 4.78 is 49.5. The highest BCUT2D eigenvalue weighted by molar-refractivity contribution is 5.45. The Morgan fingerprint density at radius 1 is 1.35 bits per heavy atom. The van der Waals surface area contributed by atoms with Crippen molar-refractivity contribution in [1.29, 1.82) is 0 Å². The summed E-state index contributed by atoms with van der Waals surface area (Å²) in [6, 6.07) is 4.97. The van der Waals surface area contributed by atoms with Crippen LogP contribution in [0.5, 0.6) is 11.5 Å². The number of rotatable bonds is 4. The third-order valence-corrected chi connectivity index (χ3v) is 3.94. The molecule has 1 aliphatic carbocycles. The smallest absolute Gasteiger partial charge is 0.161 e. The fourth-order valence-corrected chi connectivity index (χ4v) is 2.84. The monoisotopic (exact) mass is 278 g/mol. The van der Waals surface area contributed by atoms with Crippen molar-refractivity contribution >= 4 is 0 Å². The normalized spacial score (nSPS) is 29.7. The molecule has 1 N–H and O–H groups in total. The van der Waals surface area contributed by atoms with E-state index in [9.17, 15) is 0 Å². The fourth-order valence-electron chi connectivity index (χ4n) is 2.84. The molecule has 0 radical (unpaired) electrons. The zero-order valence-corrected chi connectivity index (χ0v) is 11.4. The number of allylic oxidation sites excluding steroid dienone is 1. The van der Waals surface area contributed by atoms with Crippen LogP contribution < -0.4 is 14.8 Å². The van der Waals surface area contributed by atoms with Crippen molar-refractivity contribution in [2.45, 2.75) is 44.1 Å². The minimum atomic E-state index is -2.56. The Morgan fingerprint density at radius 3 is 2.90 bits per heavy atom. The van der Waals surface area contributed by atoms with E-state index in [0.717, 1.165) is 31.2 Å². The van der Waals surface area contributed by atoms with Crippen LogP contribution in [-0.2, 0) is 0 Å². The Hall–Kier alpha value is -1.64. The molecule has 2 fully saturated rings. The molecule has 3 nitrogen and oxygen atoms in total. The van der Waals surface area contributed by atoms with Crippen LogP contribution in [0.2, 0.25) is 0 Å². The second kappa shape index (κ2) is 5.78. The van der Waals surface area contributed by atoms with Crippen LogP contribution in [0.3, 0.4) is 0 Å². The van der Waals surface area contributed by atoms with Crippen LogP contribution >= 0.6 is 0 Å². The van der Waals surface area contributed by atoms with Crippen molar-refractivity contribution in [1.82, 2.24) is 5.32 Å². The molecule has 1 aliphatic heterocycles. The number of hydrogen-bond acceptors (Lipinski definition) is 3. The van der Waals surface area contributed by atoms with Crippen LogP contribution in [0.15, 0.2) is 30.5 Å². The van der Waals surface area contributed by atoms with Crippen molar-refractivity contribution in [3.63, 3.8) is 0 Å². The topological polar surface area (TPSA) is 30.5 Å². The van der Waals surface area contributed by atoms with Crippen LogP contribution in [0.25, 0.3) is 0 Å². The quantitative estimate of drug-likeness (QED) is 0.912. The summed E-state index contributed by atoms with van der Waals surface area (Å²) in [5.41, 5.74) is 1.10. The Labute approximate surface area is 128 Å². The predicted molar refractivity (Wildman–Crippen MR) is 80.4 cm³/mol. The number of ether oxygens (including phenoxy) is 2. The molecule has 108 valence electrons. The lowest BCUT2D eigenvalue weighted by Crippen LogP contribution is -2.12. The van der Waals surface area contributed by atoms with Crippen molar-refractivity contribution in [3.05, 3.63) is 36.0 Å². The molecule has 3 heteroatoms. The number of hydrogen-bond donors (Lipinski definition) is 1. The van der Waals surface area contributed by atoms with Gasteiger partial charge in [0.25, 0.3) is 0 Å². The van der Waals surface area contributed by atoms with Gasteiger partial charge in [-0.3, -0.25) is 0 Å². The molecular weight excluding hydrogens is 250 g/mol. The van der Waals surface area contributed by atoms with Gasteiger partial charge in [-0.25, -0.2) is 0 Å². The Kier molecular flexibility index (Phi) is 2.49. The zero-order valence-electron chi connectivity index (χ0n) is 16.4. The van der Waals surface area contributed by atoms with Gasteiger partial charge in [-0.2, -0.15) is 0 Å². The summed E-state index contributed by atoms with van der Waals surface area (Å²) in [5.74, 6) is 0.127. The summed E-state index contributed by atoms with van der Waals surface area (Å²) in [4.78, 5) is 0. The van der Waals surface area contributed by atoms with Crippen LogP contribution in [-0.4, -0.2) is 19.7 Å². The number of benzene rings is 1. The first kappa shape index (κ1) is 8.60. The molecular formula is C17H23NO2. The van der Waals surface area contributed by atoms with Gasteiger partial charge in [0.15, 0.2) is 11.5 Å². The van der Waals surface area contributed by atoms with Gasteiger partial charge < -0.3 is 14.8 Å². The van der Waals surface area contributed by atoms with E-state index in [4.69, 9.17) is 16.3 Å². The van der Waals surface area contributed by atoms with Gasteiger partial charge in [-0.1, -0.05) is 12.6 Å². The lowest BCUT2D eigenvalue weighted by atomic mass is 9.97. The second-order valence-electron chi connectivity index (χ2n) is 5.39. The van der Waals surface area contributed by atoms with Crippen LogP contribution in [0.1, 0.15) is 50.4 Å². The SMILES string of the molecule is [2H]C([2H])([2H])Oc1ccc(C2CNC(=C)C2([2H])[2H])cc1OC1CCCC1. The summed E-state index contributed by atoms with van der Waals surface area (Å²) in [6.45, 7) is 4.18. The minimum absolute atomic E-state index is 0.0441. The molecule has 0 amide bonds. The van der Waals surface area contributed by atoms with E-state index in [-0.39, 0.29) is 11.9 Å².